The second-order valence-electron chi connectivity index (χ2n) is 8.61. The van der Waals surface area contributed by atoms with Crippen LogP contribution in [0.4, 0.5) is 0 Å². The molecule has 1 aromatic carbocycles. The van der Waals surface area contributed by atoms with Gasteiger partial charge in [0, 0.05) is 13.0 Å². The molecule has 1 saturated heterocycles. The molecule has 2 aliphatic carbocycles. The lowest BCUT2D eigenvalue weighted by atomic mass is 9.52. The Balaban J connectivity index is 1.63. The first kappa shape index (κ1) is 20.1. The number of hydrogen-bond donors (Lipinski definition) is 1. The number of piperidine rings is 1. The Morgan fingerprint density at radius 2 is 2.10 bits per heavy atom. The molecule has 4 rings (SSSR count). The van der Waals surface area contributed by atoms with E-state index in [1.807, 2.05) is 13.0 Å². The van der Waals surface area contributed by atoms with Gasteiger partial charge in [-0.1, -0.05) is 19.1 Å². The molecule has 0 spiro atoms. The lowest BCUT2D eigenvalue weighted by Crippen LogP contribution is -2.59. The van der Waals surface area contributed by atoms with E-state index in [1.54, 1.807) is 18.2 Å². The summed E-state index contributed by atoms with van der Waals surface area (Å²) in [5.41, 5.74) is 1.70. The molecule has 1 saturated carbocycles. The molecule has 1 aliphatic heterocycles. The minimum Gasteiger partial charge on any atom is -0.371 e. The van der Waals surface area contributed by atoms with Crippen molar-refractivity contribution in [2.75, 3.05) is 6.54 Å². The molecule has 2 fully saturated rings. The lowest BCUT2D eigenvalue weighted by Gasteiger charge is -2.54. The summed E-state index contributed by atoms with van der Waals surface area (Å²) >= 11 is 0. The number of rotatable bonds is 4. The van der Waals surface area contributed by atoms with Crippen LogP contribution in [0.25, 0.3) is 0 Å². The number of imide groups is 1. The predicted octanol–water partition coefficient (Wildman–Crippen LogP) is 2.28. The maximum absolute atomic E-state index is 13.2. The van der Waals surface area contributed by atoms with Crippen LogP contribution in [0.5, 0.6) is 5.75 Å². The van der Waals surface area contributed by atoms with Crippen LogP contribution in [0.2, 0.25) is 0 Å². The summed E-state index contributed by atoms with van der Waals surface area (Å²) in [6.07, 6.45) is 5.19. The number of likely N-dealkylation sites (tertiary alicyclic amines) is 1. The first-order chi connectivity index (χ1) is 13.6. The maximum atomic E-state index is 13.2. The van der Waals surface area contributed by atoms with E-state index < -0.39 is 15.7 Å². The van der Waals surface area contributed by atoms with Gasteiger partial charge in [-0.3, -0.25) is 14.5 Å². The highest BCUT2D eigenvalue weighted by Gasteiger charge is 2.57. The summed E-state index contributed by atoms with van der Waals surface area (Å²) < 4.78 is 27.2. The number of carbonyl (C=O) groups excluding carboxylic acids is 2. The van der Waals surface area contributed by atoms with Crippen molar-refractivity contribution >= 4 is 22.1 Å². The van der Waals surface area contributed by atoms with Crippen LogP contribution in [0, 0.1) is 17.3 Å². The summed E-state index contributed by atoms with van der Waals surface area (Å²) in [4.78, 5) is 27.2. The Kier molecular flexibility index (Phi) is 4.82. The quantitative estimate of drug-likeness (QED) is 0.596. The molecule has 156 valence electrons. The number of nitrogens with two attached hydrogens (primary N) is 1. The molecule has 2 amide bonds. The number of amides is 2. The van der Waals surface area contributed by atoms with Gasteiger partial charge < -0.3 is 4.18 Å². The Hall–Kier alpha value is -2.19. The Morgan fingerprint density at radius 3 is 2.79 bits per heavy atom. The molecule has 4 atom stereocenters. The Morgan fingerprint density at radius 1 is 1.34 bits per heavy atom. The molecular weight excluding hydrogens is 392 g/mol. The second-order valence-corrected chi connectivity index (χ2v) is 9.76. The van der Waals surface area contributed by atoms with Crippen LogP contribution >= 0.6 is 0 Å². The molecule has 2 N–H and O–H groups in total. The molecule has 1 heterocycles. The monoisotopic (exact) mass is 418 g/mol. The van der Waals surface area contributed by atoms with Crippen molar-refractivity contribution in [2.24, 2.45) is 22.4 Å². The minimum absolute atomic E-state index is 0.0239. The first-order valence-corrected chi connectivity index (χ1v) is 11.4. The topological polar surface area (TPSA) is 107 Å². The van der Waals surface area contributed by atoms with E-state index in [9.17, 15) is 18.0 Å². The van der Waals surface area contributed by atoms with Crippen molar-refractivity contribution in [1.82, 2.24) is 4.90 Å². The summed E-state index contributed by atoms with van der Waals surface area (Å²) in [6.45, 7) is 5.95. The van der Waals surface area contributed by atoms with E-state index in [-0.39, 0.29) is 41.9 Å². The van der Waals surface area contributed by atoms with E-state index in [2.05, 4.69) is 6.58 Å². The van der Waals surface area contributed by atoms with E-state index in [1.165, 1.54) is 10.5 Å². The van der Waals surface area contributed by atoms with Crippen molar-refractivity contribution in [3.8, 4) is 5.75 Å². The highest BCUT2D eigenvalue weighted by molar-refractivity contribution is 7.84. The van der Waals surface area contributed by atoms with Gasteiger partial charge in [-0.2, -0.15) is 13.6 Å². The van der Waals surface area contributed by atoms with Gasteiger partial charge in [0.1, 0.15) is 5.75 Å². The van der Waals surface area contributed by atoms with Crippen molar-refractivity contribution in [2.45, 2.75) is 44.9 Å². The average molecular weight is 419 g/mol. The average Bonchev–Trinajstić information content (AvgIpc) is 2.65. The van der Waals surface area contributed by atoms with Crippen LogP contribution < -0.4 is 9.32 Å². The smallest absolute Gasteiger partial charge is 0.371 e. The molecule has 0 bridgehead atoms. The molecule has 3 aliphatic rings. The zero-order chi connectivity index (χ0) is 21.0. The van der Waals surface area contributed by atoms with Gasteiger partial charge in [0.05, 0.1) is 5.41 Å². The number of aryl methyl sites for hydroxylation is 1. The van der Waals surface area contributed by atoms with Gasteiger partial charge in [-0.05, 0) is 66.7 Å². The minimum atomic E-state index is -4.06. The number of nitrogens with zero attached hydrogens (tertiary/aromatic N) is 1. The van der Waals surface area contributed by atoms with Crippen molar-refractivity contribution < 1.29 is 22.2 Å². The van der Waals surface area contributed by atoms with E-state index in [4.69, 9.17) is 9.32 Å². The molecule has 29 heavy (non-hydrogen) atoms. The fourth-order valence-electron chi connectivity index (χ4n) is 5.74. The molecular formula is C21H26N2O5S. The Bertz CT molecular complexity index is 989. The third-order valence-corrected chi connectivity index (χ3v) is 7.47. The molecule has 0 unspecified atom stereocenters. The molecule has 8 heteroatoms. The van der Waals surface area contributed by atoms with E-state index in [0.29, 0.717) is 6.42 Å². The highest BCUT2D eigenvalue weighted by atomic mass is 32.2. The normalized spacial score (nSPS) is 31.5. The summed E-state index contributed by atoms with van der Waals surface area (Å²) in [6, 6.07) is 5.28. The molecule has 1 aromatic rings. The van der Waals surface area contributed by atoms with Gasteiger partial charge in [0.25, 0.3) is 0 Å². The fourth-order valence-corrected chi connectivity index (χ4v) is 6.11. The number of fused-ring (bicyclic) bond motifs is 5. The lowest BCUT2D eigenvalue weighted by molar-refractivity contribution is -0.166. The van der Waals surface area contributed by atoms with Gasteiger partial charge in [-0.25, -0.2) is 0 Å². The van der Waals surface area contributed by atoms with Crippen LogP contribution in [-0.4, -0.2) is 31.7 Å². The Labute approximate surface area is 171 Å². The molecule has 0 aromatic heterocycles. The van der Waals surface area contributed by atoms with Crippen LogP contribution in [0.1, 0.15) is 49.7 Å². The fraction of sp³-hybridized carbons (Fsp3) is 0.524. The molecule has 7 nitrogen and oxygen atoms in total. The molecule has 0 radical (unpaired) electrons. The maximum Gasteiger partial charge on any atom is 0.380 e. The number of benzene rings is 1. The SMILES string of the molecule is C=CCN1C(=O)C[C@H]2[C@@H]3CCc4cc(OS(N)(=O)=O)ccc4[C@H]3CC[C@]2(C)C1=O. The van der Waals surface area contributed by atoms with Gasteiger partial charge in [-0.15, -0.1) is 6.58 Å². The second kappa shape index (κ2) is 6.95. The zero-order valence-corrected chi connectivity index (χ0v) is 17.3. The summed E-state index contributed by atoms with van der Waals surface area (Å²) in [7, 11) is -4.06. The third kappa shape index (κ3) is 3.38. The zero-order valence-electron chi connectivity index (χ0n) is 16.5. The van der Waals surface area contributed by atoms with Crippen LogP contribution in [0.3, 0.4) is 0 Å². The van der Waals surface area contributed by atoms with E-state index in [0.717, 1.165) is 31.2 Å². The van der Waals surface area contributed by atoms with Gasteiger partial charge >= 0.3 is 10.3 Å². The highest BCUT2D eigenvalue weighted by Crippen LogP contribution is 2.58. The third-order valence-electron chi connectivity index (χ3n) is 7.04. The number of hydrogen-bond acceptors (Lipinski definition) is 5. The van der Waals surface area contributed by atoms with Crippen LogP contribution in [0.15, 0.2) is 30.9 Å². The van der Waals surface area contributed by atoms with Gasteiger partial charge in [0.15, 0.2) is 0 Å². The predicted molar refractivity (Wildman–Crippen MR) is 107 cm³/mol. The van der Waals surface area contributed by atoms with Crippen molar-refractivity contribution in [3.05, 3.63) is 42.0 Å². The number of carbonyl (C=O) groups is 2. The van der Waals surface area contributed by atoms with Crippen molar-refractivity contribution in [3.63, 3.8) is 0 Å². The largest absolute Gasteiger partial charge is 0.380 e. The summed E-state index contributed by atoms with van der Waals surface area (Å²) in [5, 5.41) is 4.97. The van der Waals surface area contributed by atoms with E-state index >= 15 is 0 Å². The van der Waals surface area contributed by atoms with Crippen molar-refractivity contribution in [1.29, 1.82) is 0 Å². The van der Waals surface area contributed by atoms with Gasteiger partial charge in [0.2, 0.25) is 11.8 Å². The summed E-state index contributed by atoms with van der Waals surface area (Å²) in [5.74, 6) is 0.571. The standard InChI is InChI=1S/C21H26N2O5S/c1-3-10-23-19(24)12-18-17-6-4-13-11-14(28-29(22,26)27)5-7-15(13)16(17)8-9-21(18,2)20(23)25/h3,5,7,11,16-18H,1,4,6,8-10,12H2,2H3,(H2,22,26,27)/t16-,17-,18+,21+/m1/s1. The first-order valence-electron chi connectivity index (χ1n) is 9.95. The van der Waals surface area contributed by atoms with Crippen LogP contribution in [-0.2, 0) is 26.3 Å².